The van der Waals surface area contributed by atoms with E-state index in [-0.39, 0.29) is 18.2 Å². The van der Waals surface area contributed by atoms with Crippen molar-refractivity contribution < 1.29 is 9.47 Å². The molecule has 0 unspecified atom stereocenters. The van der Waals surface area contributed by atoms with Gasteiger partial charge in [-0.3, -0.25) is 0 Å². The van der Waals surface area contributed by atoms with Gasteiger partial charge in [-0.2, -0.15) is 0 Å². The third-order valence-corrected chi connectivity index (χ3v) is 4.04. The summed E-state index contributed by atoms with van der Waals surface area (Å²) in [6, 6.07) is 1.97. The van der Waals surface area contributed by atoms with Crippen molar-refractivity contribution in [2.75, 3.05) is 0 Å². The van der Waals surface area contributed by atoms with Crippen LogP contribution in [0.3, 0.4) is 0 Å². The van der Waals surface area contributed by atoms with Crippen LogP contribution < -0.4 is 0 Å². The third-order valence-electron chi connectivity index (χ3n) is 3.77. The minimum absolute atomic E-state index is 0.00948. The minimum atomic E-state index is -0.548. The van der Waals surface area contributed by atoms with Crippen LogP contribution in [0.4, 0.5) is 0 Å². The maximum Gasteiger partial charge on any atom is 0.164 e. The summed E-state index contributed by atoms with van der Waals surface area (Å²) in [7, 11) is 0. The summed E-state index contributed by atoms with van der Waals surface area (Å²) in [4.78, 5) is 8.40. The summed E-state index contributed by atoms with van der Waals surface area (Å²) in [6.07, 6.45) is 7.58. The predicted octanol–water partition coefficient (Wildman–Crippen LogP) is 2.72. The molecule has 4 rings (SSSR count). The fourth-order valence-electron chi connectivity index (χ4n) is 2.98. The molecule has 1 fully saturated rings. The highest BCUT2D eigenvalue weighted by molar-refractivity contribution is 6.33. The highest BCUT2D eigenvalue weighted by atomic mass is 35.5. The van der Waals surface area contributed by atoms with Gasteiger partial charge in [-0.05, 0) is 19.9 Å². The Kier molecular flexibility index (Phi) is 2.49. The van der Waals surface area contributed by atoms with Crippen molar-refractivity contribution >= 4 is 22.6 Å². The Bertz CT molecular complexity index is 710. The van der Waals surface area contributed by atoms with Crippen LogP contribution in [0.5, 0.6) is 0 Å². The Labute approximate surface area is 121 Å². The van der Waals surface area contributed by atoms with Gasteiger partial charge in [0.1, 0.15) is 17.7 Å². The van der Waals surface area contributed by atoms with E-state index < -0.39 is 5.79 Å². The van der Waals surface area contributed by atoms with E-state index in [1.165, 1.54) is 0 Å². The minimum Gasteiger partial charge on any atom is -0.342 e. The van der Waals surface area contributed by atoms with Crippen LogP contribution in [0.1, 0.15) is 19.9 Å². The molecule has 1 aliphatic heterocycles. The number of rotatable bonds is 1. The van der Waals surface area contributed by atoms with Gasteiger partial charge in [-0.25, -0.2) is 9.97 Å². The molecule has 0 spiro atoms. The Hall–Kier alpha value is -1.43. The first-order valence-electron chi connectivity index (χ1n) is 6.56. The largest absolute Gasteiger partial charge is 0.342 e. The highest BCUT2D eigenvalue weighted by Gasteiger charge is 2.47. The molecule has 3 heterocycles. The number of halogens is 1. The summed E-state index contributed by atoms with van der Waals surface area (Å²) >= 11 is 6.07. The first-order valence-corrected chi connectivity index (χ1v) is 6.94. The van der Waals surface area contributed by atoms with Gasteiger partial charge >= 0.3 is 0 Å². The van der Waals surface area contributed by atoms with Gasteiger partial charge < -0.3 is 14.0 Å². The highest BCUT2D eigenvalue weighted by Crippen LogP contribution is 2.40. The van der Waals surface area contributed by atoms with E-state index in [9.17, 15) is 0 Å². The number of pyridine rings is 1. The van der Waals surface area contributed by atoms with Gasteiger partial charge in [0.2, 0.25) is 0 Å². The summed E-state index contributed by atoms with van der Waals surface area (Å²) in [5.74, 6) is -0.548. The fourth-order valence-corrected chi connectivity index (χ4v) is 3.18. The predicted molar refractivity (Wildman–Crippen MR) is 74.5 cm³/mol. The normalized spacial score (nSPS) is 31.1. The molecule has 5 nitrogen and oxygen atoms in total. The van der Waals surface area contributed by atoms with E-state index in [2.05, 4.69) is 26.7 Å². The number of imidazole rings is 1. The molecule has 0 amide bonds. The molecule has 2 aromatic rings. The number of fused-ring (bicyclic) bond motifs is 2. The lowest BCUT2D eigenvalue weighted by molar-refractivity contribution is -0.146. The van der Waals surface area contributed by atoms with Crippen LogP contribution in [-0.2, 0) is 9.47 Å². The molecule has 1 aliphatic carbocycles. The molecule has 0 saturated carbocycles. The van der Waals surface area contributed by atoms with Crippen molar-refractivity contribution in [3.63, 3.8) is 0 Å². The standard InChI is InChI=1S/C14H14ClN3O2/c1-14(2)19-10-4-3-9(12(10)20-14)18-7-17-11-8(18)5-6-16-13(11)15/h3-7,9-10,12H,1-2H3/t9-,10+,12-/m0/s1. The molecule has 2 aromatic heterocycles. The molecule has 20 heavy (non-hydrogen) atoms. The van der Waals surface area contributed by atoms with Gasteiger partial charge in [0.25, 0.3) is 0 Å². The van der Waals surface area contributed by atoms with Crippen LogP contribution in [0, 0.1) is 0 Å². The first kappa shape index (κ1) is 12.3. The van der Waals surface area contributed by atoms with Crippen molar-refractivity contribution in [3.05, 3.63) is 35.9 Å². The molecule has 1 saturated heterocycles. The van der Waals surface area contributed by atoms with Crippen molar-refractivity contribution in [2.24, 2.45) is 0 Å². The van der Waals surface area contributed by atoms with Gasteiger partial charge in [-0.15, -0.1) is 0 Å². The lowest BCUT2D eigenvalue weighted by Crippen LogP contribution is -2.27. The molecule has 0 aromatic carbocycles. The zero-order valence-corrected chi connectivity index (χ0v) is 11.9. The number of aromatic nitrogens is 3. The van der Waals surface area contributed by atoms with Gasteiger partial charge in [0.05, 0.1) is 17.9 Å². The second-order valence-corrected chi connectivity index (χ2v) is 5.92. The number of hydrogen-bond acceptors (Lipinski definition) is 4. The van der Waals surface area contributed by atoms with Crippen molar-refractivity contribution in [1.82, 2.24) is 14.5 Å². The number of nitrogens with zero attached hydrogens (tertiary/aromatic N) is 3. The zero-order valence-electron chi connectivity index (χ0n) is 11.2. The molecule has 0 N–H and O–H groups in total. The summed E-state index contributed by atoms with van der Waals surface area (Å²) in [6.45, 7) is 3.87. The SMILES string of the molecule is CC1(C)O[C@@H]2[C@@H](C=C[C@@H]2n2cnc3c(Cl)nccc32)O1. The van der Waals surface area contributed by atoms with Crippen LogP contribution in [0.25, 0.3) is 11.0 Å². The van der Waals surface area contributed by atoms with E-state index in [1.807, 2.05) is 19.9 Å². The van der Waals surface area contributed by atoms with Gasteiger partial charge in [-0.1, -0.05) is 23.8 Å². The van der Waals surface area contributed by atoms with Gasteiger partial charge in [0, 0.05) is 6.20 Å². The molecule has 6 heteroatoms. The van der Waals surface area contributed by atoms with Crippen molar-refractivity contribution in [2.45, 2.75) is 37.9 Å². The van der Waals surface area contributed by atoms with E-state index in [1.54, 1.807) is 12.5 Å². The van der Waals surface area contributed by atoms with E-state index in [0.717, 1.165) is 5.52 Å². The second-order valence-electron chi connectivity index (χ2n) is 5.56. The smallest absolute Gasteiger partial charge is 0.164 e. The molecule has 3 atom stereocenters. The second kappa shape index (κ2) is 4.04. The van der Waals surface area contributed by atoms with Crippen LogP contribution >= 0.6 is 11.6 Å². The lowest BCUT2D eigenvalue weighted by Gasteiger charge is -2.22. The molecular weight excluding hydrogens is 278 g/mol. The fraction of sp³-hybridized carbons (Fsp3) is 0.429. The quantitative estimate of drug-likeness (QED) is 0.599. The monoisotopic (exact) mass is 291 g/mol. The molecular formula is C14H14ClN3O2. The first-order chi connectivity index (χ1) is 9.55. The Morgan fingerprint density at radius 2 is 2.10 bits per heavy atom. The average Bonchev–Trinajstić information content (AvgIpc) is 3.01. The summed E-state index contributed by atoms with van der Waals surface area (Å²) in [5.41, 5.74) is 1.66. The van der Waals surface area contributed by atoms with Crippen LogP contribution in [-0.4, -0.2) is 32.5 Å². The Morgan fingerprint density at radius 1 is 1.25 bits per heavy atom. The summed E-state index contributed by atoms with van der Waals surface area (Å²) < 4.78 is 13.9. The number of ether oxygens (including phenoxy) is 2. The maximum absolute atomic E-state index is 6.07. The zero-order chi connectivity index (χ0) is 13.9. The Morgan fingerprint density at radius 3 is 2.95 bits per heavy atom. The maximum atomic E-state index is 6.07. The molecule has 0 bridgehead atoms. The Balaban J connectivity index is 1.78. The lowest BCUT2D eigenvalue weighted by atomic mass is 10.2. The topological polar surface area (TPSA) is 49.2 Å². The van der Waals surface area contributed by atoms with Crippen LogP contribution in [0.2, 0.25) is 5.15 Å². The summed E-state index contributed by atoms with van der Waals surface area (Å²) in [5, 5.41) is 0.420. The van der Waals surface area contributed by atoms with Gasteiger partial charge in [0.15, 0.2) is 10.9 Å². The van der Waals surface area contributed by atoms with Crippen molar-refractivity contribution in [1.29, 1.82) is 0 Å². The molecule has 104 valence electrons. The molecule has 2 aliphatic rings. The number of hydrogen-bond donors (Lipinski definition) is 0. The average molecular weight is 292 g/mol. The van der Waals surface area contributed by atoms with E-state index in [0.29, 0.717) is 10.7 Å². The third kappa shape index (κ3) is 1.70. The van der Waals surface area contributed by atoms with E-state index >= 15 is 0 Å². The van der Waals surface area contributed by atoms with E-state index in [4.69, 9.17) is 21.1 Å². The van der Waals surface area contributed by atoms with Crippen LogP contribution in [0.15, 0.2) is 30.7 Å². The van der Waals surface area contributed by atoms with Crippen molar-refractivity contribution in [3.8, 4) is 0 Å². The molecule has 0 radical (unpaired) electrons.